The molecule has 0 aliphatic heterocycles. The summed E-state index contributed by atoms with van der Waals surface area (Å²) in [7, 11) is 0. The Morgan fingerprint density at radius 1 is 1.50 bits per heavy atom. The van der Waals surface area contributed by atoms with Crippen molar-refractivity contribution in [2.24, 2.45) is 0 Å². The van der Waals surface area contributed by atoms with Gasteiger partial charge < -0.3 is 11.1 Å². The van der Waals surface area contributed by atoms with Crippen molar-refractivity contribution in [3.63, 3.8) is 0 Å². The second-order valence-corrected chi connectivity index (χ2v) is 5.26. The molecule has 2 aromatic rings. The molecule has 0 spiro atoms. The van der Waals surface area contributed by atoms with Crippen molar-refractivity contribution in [2.45, 2.75) is 13.5 Å². The van der Waals surface area contributed by atoms with Crippen LogP contribution in [0.4, 0.5) is 10.8 Å². The van der Waals surface area contributed by atoms with Gasteiger partial charge in [-0.15, -0.1) is 11.3 Å². The lowest BCUT2D eigenvalue weighted by atomic mass is 10.2. The summed E-state index contributed by atoms with van der Waals surface area (Å²) in [6, 6.07) is 6.20. The zero-order chi connectivity index (χ0) is 11.5. The average Bonchev–Trinajstić information content (AvgIpc) is 2.63. The number of nitrogens with zero attached hydrogens (tertiary/aromatic N) is 1. The van der Waals surface area contributed by atoms with E-state index in [1.54, 1.807) is 0 Å². The normalized spacial score (nSPS) is 10.4. The van der Waals surface area contributed by atoms with Crippen LogP contribution in [0.15, 0.2) is 28.1 Å². The van der Waals surface area contributed by atoms with Crippen LogP contribution in [0.1, 0.15) is 11.3 Å². The molecule has 0 amide bonds. The van der Waals surface area contributed by atoms with Gasteiger partial charge in [-0.25, -0.2) is 4.98 Å². The first-order chi connectivity index (χ1) is 7.65. The predicted molar refractivity (Wildman–Crippen MR) is 72.7 cm³/mol. The van der Waals surface area contributed by atoms with Gasteiger partial charge in [0.1, 0.15) is 0 Å². The molecule has 0 bridgehead atoms. The summed E-state index contributed by atoms with van der Waals surface area (Å²) in [5.41, 5.74) is 8.83. The zero-order valence-corrected chi connectivity index (χ0v) is 11.2. The summed E-state index contributed by atoms with van der Waals surface area (Å²) in [6.07, 6.45) is 0. The summed E-state index contributed by atoms with van der Waals surface area (Å²) in [5, 5.41) is 5.89. The van der Waals surface area contributed by atoms with Crippen LogP contribution in [0, 0.1) is 6.92 Å². The zero-order valence-electron chi connectivity index (χ0n) is 8.83. The highest BCUT2D eigenvalue weighted by Gasteiger charge is 2.01. The van der Waals surface area contributed by atoms with E-state index < -0.39 is 0 Å². The van der Waals surface area contributed by atoms with E-state index in [1.807, 2.05) is 5.38 Å². The number of rotatable bonds is 3. The molecule has 2 rings (SSSR count). The number of thiazole rings is 1. The van der Waals surface area contributed by atoms with Crippen LogP contribution in [-0.2, 0) is 6.54 Å². The van der Waals surface area contributed by atoms with Gasteiger partial charge in [-0.1, -0.05) is 6.07 Å². The van der Waals surface area contributed by atoms with Crippen molar-refractivity contribution in [3.8, 4) is 0 Å². The van der Waals surface area contributed by atoms with Gasteiger partial charge in [0.25, 0.3) is 0 Å². The van der Waals surface area contributed by atoms with Crippen molar-refractivity contribution >= 4 is 38.1 Å². The Hall–Kier alpha value is -1.07. The first-order valence-electron chi connectivity index (χ1n) is 4.85. The van der Waals surface area contributed by atoms with E-state index >= 15 is 0 Å². The Kier molecular flexibility index (Phi) is 3.46. The van der Waals surface area contributed by atoms with Crippen molar-refractivity contribution in [1.82, 2.24) is 4.98 Å². The number of halogens is 1. The first-order valence-corrected chi connectivity index (χ1v) is 6.52. The summed E-state index contributed by atoms with van der Waals surface area (Å²) in [4.78, 5) is 4.19. The van der Waals surface area contributed by atoms with E-state index in [4.69, 9.17) is 5.73 Å². The minimum Gasteiger partial charge on any atom is -0.378 e. The molecule has 3 nitrogen and oxygen atoms in total. The second kappa shape index (κ2) is 4.84. The number of nitrogen functional groups attached to an aromatic ring is 1. The summed E-state index contributed by atoms with van der Waals surface area (Å²) >= 11 is 4.98. The van der Waals surface area contributed by atoms with Gasteiger partial charge >= 0.3 is 0 Å². The van der Waals surface area contributed by atoms with Gasteiger partial charge in [-0.3, -0.25) is 0 Å². The van der Waals surface area contributed by atoms with Crippen LogP contribution >= 0.6 is 27.3 Å². The number of nitrogens with one attached hydrogen (secondary N) is 1. The minimum absolute atomic E-state index is 0.611. The van der Waals surface area contributed by atoms with Crippen LogP contribution in [0.2, 0.25) is 0 Å². The molecule has 0 saturated carbocycles. The largest absolute Gasteiger partial charge is 0.378 e. The van der Waals surface area contributed by atoms with Crippen LogP contribution in [0.5, 0.6) is 0 Å². The number of nitrogens with two attached hydrogens (primary N) is 1. The molecule has 3 N–H and O–H groups in total. The van der Waals surface area contributed by atoms with Crippen molar-refractivity contribution in [2.75, 3.05) is 11.1 Å². The molecule has 1 heterocycles. The van der Waals surface area contributed by atoms with E-state index in [1.165, 1.54) is 16.9 Å². The van der Waals surface area contributed by atoms with Gasteiger partial charge in [-0.2, -0.15) is 0 Å². The molecule has 0 unspecified atom stereocenters. The first kappa shape index (κ1) is 11.4. The fourth-order valence-corrected chi connectivity index (χ4v) is 2.55. The maximum atomic E-state index is 5.57. The smallest absolute Gasteiger partial charge is 0.180 e. The fourth-order valence-electron chi connectivity index (χ4n) is 1.35. The van der Waals surface area contributed by atoms with Gasteiger partial charge in [0.15, 0.2) is 5.13 Å². The molecular formula is C11H12BrN3S. The Morgan fingerprint density at radius 3 is 2.94 bits per heavy atom. The molecule has 16 heavy (non-hydrogen) atoms. The number of aromatic nitrogens is 1. The number of anilines is 2. The summed E-state index contributed by atoms with van der Waals surface area (Å²) in [5.74, 6) is 0. The highest BCUT2D eigenvalue weighted by molar-refractivity contribution is 9.10. The average molecular weight is 298 g/mol. The van der Waals surface area contributed by atoms with Crippen molar-refractivity contribution in [1.29, 1.82) is 0 Å². The van der Waals surface area contributed by atoms with E-state index in [0.717, 1.165) is 15.9 Å². The third-order valence-corrected chi connectivity index (χ3v) is 3.53. The van der Waals surface area contributed by atoms with E-state index in [9.17, 15) is 0 Å². The van der Waals surface area contributed by atoms with Crippen LogP contribution < -0.4 is 11.1 Å². The molecule has 0 saturated heterocycles. The monoisotopic (exact) mass is 297 g/mol. The summed E-state index contributed by atoms with van der Waals surface area (Å²) in [6.45, 7) is 2.75. The molecule has 84 valence electrons. The molecule has 1 aromatic heterocycles. The SMILES string of the molecule is Cc1ccc(NCc2csc(N)n2)c(Br)c1. The van der Waals surface area contributed by atoms with E-state index in [-0.39, 0.29) is 0 Å². The van der Waals surface area contributed by atoms with Gasteiger partial charge in [0.2, 0.25) is 0 Å². The molecular weight excluding hydrogens is 286 g/mol. The standard InChI is InChI=1S/C11H12BrN3S/c1-7-2-3-10(9(12)4-7)14-5-8-6-16-11(13)15-8/h2-4,6,14H,5H2,1H3,(H2,13,15). The van der Waals surface area contributed by atoms with Crippen LogP contribution in [0.3, 0.4) is 0 Å². The quantitative estimate of drug-likeness (QED) is 0.913. The van der Waals surface area contributed by atoms with Gasteiger partial charge in [-0.05, 0) is 40.5 Å². The number of hydrogen-bond donors (Lipinski definition) is 2. The Balaban J connectivity index is 2.04. The molecule has 0 aliphatic carbocycles. The Bertz CT molecular complexity index is 496. The lowest BCUT2D eigenvalue weighted by molar-refractivity contribution is 1.07. The minimum atomic E-state index is 0.611. The lowest BCUT2D eigenvalue weighted by Gasteiger charge is -2.07. The third kappa shape index (κ3) is 2.74. The van der Waals surface area contributed by atoms with Crippen LogP contribution in [-0.4, -0.2) is 4.98 Å². The Labute approximate surface area is 107 Å². The fraction of sp³-hybridized carbons (Fsp3) is 0.182. The van der Waals surface area contributed by atoms with E-state index in [0.29, 0.717) is 11.7 Å². The molecule has 0 atom stereocenters. The summed E-state index contributed by atoms with van der Waals surface area (Å²) < 4.78 is 1.07. The molecule has 0 radical (unpaired) electrons. The maximum absolute atomic E-state index is 5.57. The van der Waals surface area contributed by atoms with E-state index in [2.05, 4.69) is 51.4 Å². The van der Waals surface area contributed by atoms with Crippen molar-refractivity contribution in [3.05, 3.63) is 39.3 Å². The highest BCUT2D eigenvalue weighted by atomic mass is 79.9. The molecule has 1 aromatic carbocycles. The third-order valence-electron chi connectivity index (χ3n) is 2.15. The lowest BCUT2D eigenvalue weighted by Crippen LogP contribution is -2.00. The highest BCUT2D eigenvalue weighted by Crippen LogP contribution is 2.24. The van der Waals surface area contributed by atoms with Crippen molar-refractivity contribution < 1.29 is 0 Å². The molecule has 0 fully saturated rings. The maximum Gasteiger partial charge on any atom is 0.180 e. The van der Waals surface area contributed by atoms with Gasteiger partial charge in [0.05, 0.1) is 12.2 Å². The van der Waals surface area contributed by atoms with Crippen LogP contribution in [0.25, 0.3) is 0 Å². The Morgan fingerprint density at radius 2 is 2.31 bits per heavy atom. The predicted octanol–water partition coefficient (Wildman–Crippen LogP) is 3.41. The second-order valence-electron chi connectivity index (χ2n) is 3.51. The molecule has 0 aliphatic rings. The van der Waals surface area contributed by atoms with Gasteiger partial charge in [0, 0.05) is 15.5 Å². The number of hydrogen-bond acceptors (Lipinski definition) is 4. The number of benzene rings is 1. The molecule has 5 heteroatoms. The number of aryl methyl sites for hydroxylation is 1. The topological polar surface area (TPSA) is 50.9 Å².